The minimum absolute atomic E-state index is 0.679. The molecule has 0 N–H and O–H groups in total. The number of hydrogen-bond acceptors (Lipinski definition) is 3. The second kappa shape index (κ2) is 4.44. The molecule has 0 saturated carbocycles. The zero-order valence-electron chi connectivity index (χ0n) is 10.1. The molecule has 0 spiro atoms. The van der Waals surface area contributed by atoms with Crippen LogP contribution in [0.25, 0.3) is 11.4 Å². The summed E-state index contributed by atoms with van der Waals surface area (Å²) < 4.78 is 3.77. The van der Waals surface area contributed by atoms with E-state index in [1.54, 1.807) is 10.9 Å². The standard InChI is InChI=1S/C13H13N5/c1-17-9-12(15-16-17)10-18-8-7-14-13(18)11-5-3-2-4-6-11/h2-9H,10H2,1H3. The average molecular weight is 239 g/mol. The monoisotopic (exact) mass is 239 g/mol. The number of benzene rings is 1. The van der Waals surface area contributed by atoms with Gasteiger partial charge in [0.25, 0.3) is 0 Å². The molecule has 2 aromatic heterocycles. The number of aryl methyl sites for hydroxylation is 1. The Morgan fingerprint density at radius 1 is 1.17 bits per heavy atom. The molecule has 0 unspecified atom stereocenters. The summed E-state index contributed by atoms with van der Waals surface area (Å²) in [5.41, 5.74) is 2.03. The fraction of sp³-hybridized carbons (Fsp3) is 0.154. The zero-order valence-corrected chi connectivity index (χ0v) is 10.1. The van der Waals surface area contributed by atoms with Crippen molar-refractivity contribution in [2.45, 2.75) is 6.54 Å². The molecular formula is C13H13N5. The molecule has 1 aromatic carbocycles. The van der Waals surface area contributed by atoms with Crippen LogP contribution in [0.5, 0.6) is 0 Å². The molecule has 0 fully saturated rings. The molecule has 0 atom stereocenters. The van der Waals surface area contributed by atoms with Gasteiger partial charge in [-0.25, -0.2) is 4.98 Å². The molecule has 5 nitrogen and oxygen atoms in total. The molecule has 2 heterocycles. The lowest BCUT2D eigenvalue weighted by Gasteiger charge is -2.05. The lowest BCUT2D eigenvalue weighted by molar-refractivity contribution is 0.710. The van der Waals surface area contributed by atoms with Crippen LogP contribution in [0.15, 0.2) is 48.9 Å². The lowest BCUT2D eigenvalue weighted by Crippen LogP contribution is -2.01. The number of rotatable bonds is 3. The van der Waals surface area contributed by atoms with Crippen LogP contribution in [0.4, 0.5) is 0 Å². The van der Waals surface area contributed by atoms with Crippen LogP contribution in [-0.2, 0) is 13.6 Å². The molecule has 0 aliphatic rings. The SMILES string of the molecule is Cn1cc(Cn2ccnc2-c2ccccc2)nn1. The highest BCUT2D eigenvalue weighted by atomic mass is 15.4. The van der Waals surface area contributed by atoms with Gasteiger partial charge in [0.05, 0.1) is 6.54 Å². The number of aromatic nitrogens is 5. The second-order valence-electron chi connectivity index (χ2n) is 4.13. The molecule has 0 saturated heterocycles. The Balaban J connectivity index is 1.93. The van der Waals surface area contributed by atoms with Gasteiger partial charge < -0.3 is 4.57 Å². The first-order valence-corrected chi connectivity index (χ1v) is 5.75. The van der Waals surface area contributed by atoms with E-state index in [1.807, 2.05) is 37.6 Å². The third-order valence-electron chi connectivity index (χ3n) is 2.73. The largest absolute Gasteiger partial charge is 0.325 e. The summed E-state index contributed by atoms with van der Waals surface area (Å²) in [7, 11) is 1.86. The number of hydrogen-bond donors (Lipinski definition) is 0. The minimum Gasteiger partial charge on any atom is -0.325 e. The Kier molecular flexibility index (Phi) is 2.64. The molecule has 5 heteroatoms. The van der Waals surface area contributed by atoms with Crippen molar-refractivity contribution >= 4 is 0 Å². The highest BCUT2D eigenvalue weighted by Gasteiger charge is 2.07. The predicted octanol–water partition coefficient (Wildman–Crippen LogP) is 1.73. The van der Waals surface area contributed by atoms with Crippen molar-refractivity contribution in [3.8, 4) is 11.4 Å². The fourth-order valence-electron chi connectivity index (χ4n) is 1.93. The second-order valence-corrected chi connectivity index (χ2v) is 4.13. The van der Waals surface area contributed by atoms with Crippen molar-refractivity contribution in [2.75, 3.05) is 0 Å². The fourth-order valence-corrected chi connectivity index (χ4v) is 1.93. The summed E-state index contributed by atoms with van der Waals surface area (Å²) >= 11 is 0. The van der Waals surface area contributed by atoms with Crippen molar-refractivity contribution in [3.05, 3.63) is 54.6 Å². The van der Waals surface area contributed by atoms with Crippen LogP contribution in [0.2, 0.25) is 0 Å². The average Bonchev–Trinajstić information content (AvgIpc) is 3.00. The summed E-state index contributed by atoms with van der Waals surface area (Å²) in [4.78, 5) is 4.40. The van der Waals surface area contributed by atoms with Crippen LogP contribution < -0.4 is 0 Å². The zero-order chi connectivity index (χ0) is 12.4. The summed E-state index contributed by atoms with van der Waals surface area (Å²) in [6.45, 7) is 0.679. The van der Waals surface area contributed by atoms with Crippen molar-refractivity contribution < 1.29 is 0 Å². The maximum atomic E-state index is 4.40. The third kappa shape index (κ3) is 2.02. The van der Waals surface area contributed by atoms with E-state index in [-0.39, 0.29) is 0 Å². The van der Waals surface area contributed by atoms with Crippen LogP contribution in [-0.4, -0.2) is 24.5 Å². The Hall–Kier alpha value is -2.43. The molecule has 0 aliphatic heterocycles. The minimum atomic E-state index is 0.679. The first-order valence-electron chi connectivity index (χ1n) is 5.75. The molecule has 3 rings (SSSR count). The van der Waals surface area contributed by atoms with Crippen molar-refractivity contribution in [1.29, 1.82) is 0 Å². The molecule has 3 aromatic rings. The van der Waals surface area contributed by atoms with E-state index in [0.29, 0.717) is 6.54 Å². The van der Waals surface area contributed by atoms with E-state index in [2.05, 4.69) is 32.0 Å². The van der Waals surface area contributed by atoms with Gasteiger partial charge in [-0.2, -0.15) is 0 Å². The molecule has 18 heavy (non-hydrogen) atoms. The van der Waals surface area contributed by atoms with Crippen LogP contribution in [0, 0.1) is 0 Å². The predicted molar refractivity (Wildman–Crippen MR) is 67.8 cm³/mol. The van der Waals surface area contributed by atoms with Gasteiger partial charge in [-0.3, -0.25) is 4.68 Å². The Morgan fingerprint density at radius 3 is 2.72 bits per heavy atom. The Labute approximate surface area is 105 Å². The molecule has 0 amide bonds. The van der Waals surface area contributed by atoms with Gasteiger partial charge in [0.2, 0.25) is 0 Å². The number of nitrogens with zero attached hydrogens (tertiary/aromatic N) is 5. The van der Waals surface area contributed by atoms with E-state index in [9.17, 15) is 0 Å². The molecule has 0 bridgehead atoms. The van der Waals surface area contributed by atoms with Crippen LogP contribution in [0.3, 0.4) is 0 Å². The summed E-state index contributed by atoms with van der Waals surface area (Å²) in [5, 5.41) is 8.02. The quantitative estimate of drug-likeness (QED) is 0.699. The van der Waals surface area contributed by atoms with Crippen LogP contribution in [0.1, 0.15) is 5.69 Å². The molecule has 0 radical (unpaired) electrons. The summed E-state index contributed by atoms with van der Waals surface area (Å²) in [6.07, 6.45) is 5.67. The lowest BCUT2D eigenvalue weighted by atomic mass is 10.2. The van der Waals surface area contributed by atoms with Crippen molar-refractivity contribution in [1.82, 2.24) is 24.5 Å². The van der Waals surface area contributed by atoms with Gasteiger partial charge in [-0.05, 0) is 0 Å². The van der Waals surface area contributed by atoms with E-state index < -0.39 is 0 Å². The molecular weight excluding hydrogens is 226 g/mol. The smallest absolute Gasteiger partial charge is 0.140 e. The van der Waals surface area contributed by atoms with Gasteiger partial charge in [-0.1, -0.05) is 35.5 Å². The summed E-state index contributed by atoms with van der Waals surface area (Å²) in [5.74, 6) is 0.946. The third-order valence-corrected chi connectivity index (χ3v) is 2.73. The van der Waals surface area contributed by atoms with Gasteiger partial charge in [-0.15, -0.1) is 5.10 Å². The van der Waals surface area contributed by atoms with Gasteiger partial charge >= 0.3 is 0 Å². The van der Waals surface area contributed by atoms with Gasteiger partial charge in [0, 0.05) is 31.2 Å². The van der Waals surface area contributed by atoms with Gasteiger partial charge in [0.15, 0.2) is 0 Å². The Morgan fingerprint density at radius 2 is 2.00 bits per heavy atom. The Bertz CT molecular complexity index is 638. The highest BCUT2D eigenvalue weighted by Crippen LogP contribution is 2.17. The topological polar surface area (TPSA) is 48.5 Å². The van der Waals surface area contributed by atoms with E-state index in [0.717, 1.165) is 17.1 Å². The van der Waals surface area contributed by atoms with E-state index in [1.165, 1.54) is 0 Å². The van der Waals surface area contributed by atoms with Gasteiger partial charge in [0.1, 0.15) is 11.5 Å². The highest BCUT2D eigenvalue weighted by molar-refractivity contribution is 5.55. The maximum absolute atomic E-state index is 4.40. The number of imidazole rings is 1. The first kappa shape index (κ1) is 10.7. The van der Waals surface area contributed by atoms with Crippen molar-refractivity contribution in [2.24, 2.45) is 7.05 Å². The van der Waals surface area contributed by atoms with E-state index >= 15 is 0 Å². The summed E-state index contributed by atoms with van der Waals surface area (Å²) in [6, 6.07) is 10.1. The maximum Gasteiger partial charge on any atom is 0.140 e. The van der Waals surface area contributed by atoms with E-state index in [4.69, 9.17) is 0 Å². The first-order chi connectivity index (χ1) is 8.83. The van der Waals surface area contributed by atoms with Crippen LogP contribution >= 0.6 is 0 Å². The van der Waals surface area contributed by atoms with Crippen molar-refractivity contribution in [3.63, 3.8) is 0 Å². The molecule has 0 aliphatic carbocycles. The molecule has 90 valence electrons. The normalized spacial score (nSPS) is 10.7.